The number of fused-ring (bicyclic) bond motifs is 5. The molecule has 0 spiro atoms. The van der Waals surface area contributed by atoms with E-state index in [1.54, 1.807) is 5.57 Å². The van der Waals surface area contributed by atoms with E-state index in [0.29, 0.717) is 16.7 Å². The van der Waals surface area contributed by atoms with Crippen molar-refractivity contribution in [2.75, 3.05) is 0 Å². The largest absolute Gasteiger partial charge is 0.462 e. The van der Waals surface area contributed by atoms with Gasteiger partial charge in [-0.1, -0.05) is 108 Å². The molecule has 10 atom stereocenters. The topological polar surface area (TPSA) is 18.5 Å². The molecule has 2 nitrogen and oxygen atoms in total. The molecule has 6 aliphatic carbocycles. The first-order valence-corrected chi connectivity index (χ1v) is 22.8. The van der Waals surface area contributed by atoms with Gasteiger partial charge >= 0.3 is 0 Å². The number of benzene rings is 2. The molecule has 4 saturated carbocycles. The average Bonchev–Trinajstić information content (AvgIpc) is 3.54. The third-order valence-electron chi connectivity index (χ3n) is 16.9. The van der Waals surface area contributed by atoms with E-state index in [9.17, 15) is 0 Å². The van der Waals surface area contributed by atoms with Crippen molar-refractivity contribution in [1.29, 1.82) is 0 Å². The monoisotopic (exact) mass is 741 g/mol. The lowest BCUT2D eigenvalue weighted by Gasteiger charge is -2.63. The SMILES string of the molecule is Cc1ccc(OC2=CC=C(C3(c4ccc(OC5=CCC(C)C=C5)cc4)CCC4(C)C(CCC5C4CCC4(C)C(C(C)CCCC(C)C)CCC54)C3)CC2)cc1. The van der Waals surface area contributed by atoms with Gasteiger partial charge in [-0.25, -0.2) is 0 Å². The number of allylic oxidation sites excluding steroid dienone is 7. The summed E-state index contributed by atoms with van der Waals surface area (Å²) in [6, 6.07) is 17.9. The maximum absolute atomic E-state index is 6.42. The Morgan fingerprint density at radius 2 is 1.49 bits per heavy atom. The van der Waals surface area contributed by atoms with Gasteiger partial charge in [0, 0.05) is 11.8 Å². The van der Waals surface area contributed by atoms with Crippen LogP contribution in [-0.4, -0.2) is 0 Å². The van der Waals surface area contributed by atoms with E-state index < -0.39 is 0 Å². The molecule has 0 aliphatic heterocycles. The van der Waals surface area contributed by atoms with Gasteiger partial charge in [-0.15, -0.1) is 0 Å². The van der Waals surface area contributed by atoms with E-state index >= 15 is 0 Å². The lowest BCUT2D eigenvalue weighted by Crippen LogP contribution is -2.55. The zero-order chi connectivity index (χ0) is 38.4. The second kappa shape index (κ2) is 15.7. The van der Waals surface area contributed by atoms with Crippen LogP contribution in [0.4, 0.5) is 0 Å². The third-order valence-corrected chi connectivity index (χ3v) is 16.9. The summed E-state index contributed by atoms with van der Waals surface area (Å²) in [6.45, 7) is 17.3. The standard InChI is InChI=1S/C53H72O2/c1-36(2)9-8-10-39(5)48-29-30-49-47-28-19-42-35-53(34-33-51(42,6)50(47)31-32-52(48,49)7,40-15-24-45(25-16-40)54-43-20-11-37(3)12-21-43)41-17-26-46(27-18-41)55-44-22-13-38(4)14-23-44/h11-13,15,17-18,20-24,26-27,36,38-39,42,47-50H,8-10,14,16,19,25,28-35H2,1-7H3. The van der Waals surface area contributed by atoms with E-state index in [-0.39, 0.29) is 5.41 Å². The van der Waals surface area contributed by atoms with Crippen molar-refractivity contribution in [1.82, 2.24) is 0 Å². The van der Waals surface area contributed by atoms with E-state index in [1.807, 2.05) is 0 Å². The Kier molecular flexibility index (Phi) is 11.1. The minimum Gasteiger partial charge on any atom is -0.462 e. The number of hydrogen-bond acceptors (Lipinski definition) is 2. The van der Waals surface area contributed by atoms with Gasteiger partial charge in [0.25, 0.3) is 0 Å². The lowest BCUT2D eigenvalue weighted by atomic mass is 9.41. The van der Waals surface area contributed by atoms with Crippen LogP contribution in [0.25, 0.3) is 0 Å². The van der Waals surface area contributed by atoms with Crippen molar-refractivity contribution >= 4 is 0 Å². The predicted octanol–water partition coefficient (Wildman–Crippen LogP) is 14.9. The number of aryl methyl sites for hydroxylation is 1. The Balaban J connectivity index is 1.04. The summed E-state index contributed by atoms with van der Waals surface area (Å²) >= 11 is 0. The Morgan fingerprint density at radius 3 is 2.20 bits per heavy atom. The Labute approximate surface area is 335 Å². The van der Waals surface area contributed by atoms with Crippen molar-refractivity contribution in [3.8, 4) is 11.5 Å². The lowest BCUT2D eigenvalue weighted by molar-refractivity contribution is -0.122. The number of ether oxygens (including phenoxy) is 2. The molecule has 0 bridgehead atoms. The Hall–Kier alpha value is -3.00. The highest BCUT2D eigenvalue weighted by Crippen LogP contribution is 2.70. The molecule has 0 heterocycles. The first kappa shape index (κ1) is 38.9. The maximum atomic E-state index is 6.42. The first-order valence-electron chi connectivity index (χ1n) is 22.8. The molecule has 55 heavy (non-hydrogen) atoms. The van der Waals surface area contributed by atoms with E-state index in [0.717, 1.165) is 83.7 Å². The minimum atomic E-state index is 0.0634. The molecule has 296 valence electrons. The van der Waals surface area contributed by atoms with E-state index in [4.69, 9.17) is 9.47 Å². The van der Waals surface area contributed by atoms with Gasteiger partial charge in [-0.05, 0) is 184 Å². The summed E-state index contributed by atoms with van der Waals surface area (Å²) in [6.07, 6.45) is 31.4. The summed E-state index contributed by atoms with van der Waals surface area (Å²) in [5.74, 6) is 10.7. The summed E-state index contributed by atoms with van der Waals surface area (Å²) in [7, 11) is 0. The fraction of sp³-hybridized carbons (Fsp3) is 0.623. The van der Waals surface area contributed by atoms with Crippen LogP contribution in [0.5, 0.6) is 11.5 Å². The highest BCUT2D eigenvalue weighted by atomic mass is 16.5. The summed E-state index contributed by atoms with van der Waals surface area (Å²) < 4.78 is 12.8. The van der Waals surface area contributed by atoms with Crippen molar-refractivity contribution in [2.45, 2.75) is 150 Å². The molecule has 4 fully saturated rings. The van der Waals surface area contributed by atoms with Crippen LogP contribution in [0.1, 0.15) is 149 Å². The molecule has 0 saturated heterocycles. The molecule has 2 heteroatoms. The van der Waals surface area contributed by atoms with Crippen LogP contribution in [0.15, 0.2) is 96.0 Å². The van der Waals surface area contributed by atoms with Gasteiger partial charge in [-0.2, -0.15) is 0 Å². The molecule has 0 amide bonds. The number of hydrogen-bond donors (Lipinski definition) is 0. The third kappa shape index (κ3) is 7.59. The number of rotatable bonds is 11. The second-order valence-corrected chi connectivity index (χ2v) is 20.5. The highest BCUT2D eigenvalue weighted by molar-refractivity contribution is 5.44. The molecule has 0 aromatic heterocycles. The van der Waals surface area contributed by atoms with Crippen molar-refractivity contribution < 1.29 is 9.47 Å². The van der Waals surface area contributed by atoms with Gasteiger partial charge < -0.3 is 9.47 Å². The predicted molar refractivity (Wildman–Crippen MR) is 230 cm³/mol. The normalized spacial score (nSPS) is 36.2. The average molecular weight is 741 g/mol. The zero-order valence-electron chi connectivity index (χ0n) is 35.5. The Morgan fingerprint density at radius 1 is 0.745 bits per heavy atom. The summed E-state index contributed by atoms with van der Waals surface area (Å²) in [5, 5.41) is 0. The molecule has 2 aromatic rings. The molecule has 2 aromatic carbocycles. The molecular formula is C53H72O2. The molecule has 10 unspecified atom stereocenters. The van der Waals surface area contributed by atoms with Gasteiger partial charge in [0.15, 0.2) is 0 Å². The summed E-state index contributed by atoms with van der Waals surface area (Å²) in [4.78, 5) is 0. The van der Waals surface area contributed by atoms with E-state index in [1.165, 1.54) is 88.2 Å². The first-order chi connectivity index (χ1) is 26.5. The van der Waals surface area contributed by atoms with E-state index in [2.05, 4.69) is 127 Å². The fourth-order valence-corrected chi connectivity index (χ4v) is 13.7. The van der Waals surface area contributed by atoms with Gasteiger partial charge in [0.2, 0.25) is 0 Å². The van der Waals surface area contributed by atoms with Gasteiger partial charge in [0.1, 0.15) is 23.0 Å². The van der Waals surface area contributed by atoms with Crippen LogP contribution in [-0.2, 0) is 5.41 Å². The molecule has 0 radical (unpaired) electrons. The van der Waals surface area contributed by atoms with Gasteiger partial charge in [-0.3, -0.25) is 0 Å². The zero-order valence-corrected chi connectivity index (χ0v) is 35.5. The highest BCUT2D eigenvalue weighted by Gasteiger charge is 2.62. The second-order valence-electron chi connectivity index (χ2n) is 20.5. The van der Waals surface area contributed by atoms with Crippen LogP contribution in [0.2, 0.25) is 0 Å². The van der Waals surface area contributed by atoms with Gasteiger partial charge in [0.05, 0.1) is 0 Å². The van der Waals surface area contributed by atoms with Crippen molar-refractivity contribution in [2.24, 2.45) is 58.2 Å². The van der Waals surface area contributed by atoms with Crippen LogP contribution in [0, 0.1) is 65.1 Å². The Bertz CT molecular complexity index is 1770. The quantitative estimate of drug-likeness (QED) is 0.228. The minimum absolute atomic E-state index is 0.0634. The van der Waals surface area contributed by atoms with Crippen LogP contribution < -0.4 is 9.47 Å². The smallest absolute Gasteiger partial charge is 0.127 e. The molecule has 8 rings (SSSR count). The molecule has 6 aliphatic rings. The molecule has 0 N–H and O–H groups in total. The van der Waals surface area contributed by atoms with Crippen molar-refractivity contribution in [3.63, 3.8) is 0 Å². The fourth-order valence-electron chi connectivity index (χ4n) is 13.7. The summed E-state index contributed by atoms with van der Waals surface area (Å²) in [5.41, 5.74) is 5.45. The van der Waals surface area contributed by atoms with Crippen molar-refractivity contribution in [3.05, 3.63) is 107 Å². The molecular weight excluding hydrogens is 669 g/mol. The van der Waals surface area contributed by atoms with Crippen LogP contribution in [0.3, 0.4) is 0 Å². The van der Waals surface area contributed by atoms with Crippen LogP contribution >= 0.6 is 0 Å². The maximum Gasteiger partial charge on any atom is 0.127 e.